The first-order valence-corrected chi connectivity index (χ1v) is 12.1. The Morgan fingerprint density at radius 1 is 0.833 bits per heavy atom. The summed E-state index contributed by atoms with van der Waals surface area (Å²) in [4.78, 5) is 40.0. The first kappa shape index (κ1) is 27.1. The Balaban J connectivity index is 1.63. The summed E-state index contributed by atoms with van der Waals surface area (Å²) >= 11 is 0. The molecule has 3 rings (SSSR count). The lowest BCUT2D eigenvalue weighted by Crippen LogP contribution is -2.42. The Kier molecular flexibility index (Phi) is 9.01. The minimum Gasteiger partial charge on any atom is -0.444 e. The molecule has 1 aliphatic heterocycles. The molecule has 3 amide bonds. The Morgan fingerprint density at radius 3 is 1.64 bits per heavy atom. The van der Waals surface area contributed by atoms with Crippen LogP contribution in [-0.4, -0.2) is 54.6 Å². The molecule has 2 N–H and O–H groups in total. The van der Waals surface area contributed by atoms with Gasteiger partial charge in [-0.15, -0.1) is 0 Å². The van der Waals surface area contributed by atoms with Gasteiger partial charge < -0.3 is 20.3 Å². The number of ether oxygens (including phenoxy) is 1. The summed E-state index contributed by atoms with van der Waals surface area (Å²) < 4.78 is 33.2. The SMILES string of the molecule is CC(C)(C)OC(=O)N1C[C@@H](C(=O)NCCc2ccccc2F)[C@H](C(=O)NCCc2ccccc2F)C1. The molecule has 0 aromatic heterocycles. The van der Waals surface area contributed by atoms with E-state index in [4.69, 9.17) is 4.74 Å². The summed E-state index contributed by atoms with van der Waals surface area (Å²) in [5.74, 6) is -3.09. The van der Waals surface area contributed by atoms with Gasteiger partial charge in [0.25, 0.3) is 0 Å². The van der Waals surface area contributed by atoms with E-state index in [0.717, 1.165) is 0 Å². The zero-order valence-electron chi connectivity index (χ0n) is 20.9. The predicted molar refractivity (Wildman–Crippen MR) is 131 cm³/mol. The van der Waals surface area contributed by atoms with Gasteiger partial charge in [0.15, 0.2) is 0 Å². The number of halogens is 2. The number of rotatable bonds is 8. The zero-order valence-corrected chi connectivity index (χ0v) is 20.9. The van der Waals surface area contributed by atoms with E-state index in [1.54, 1.807) is 57.2 Å². The van der Waals surface area contributed by atoms with E-state index < -0.39 is 35.3 Å². The van der Waals surface area contributed by atoms with Gasteiger partial charge in [0, 0.05) is 26.2 Å². The highest BCUT2D eigenvalue weighted by Gasteiger charge is 2.44. The average molecular weight is 502 g/mol. The summed E-state index contributed by atoms with van der Waals surface area (Å²) in [7, 11) is 0. The van der Waals surface area contributed by atoms with Gasteiger partial charge >= 0.3 is 6.09 Å². The van der Waals surface area contributed by atoms with E-state index >= 15 is 0 Å². The van der Waals surface area contributed by atoms with Crippen LogP contribution in [-0.2, 0) is 27.2 Å². The van der Waals surface area contributed by atoms with Crippen LogP contribution in [0.5, 0.6) is 0 Å². The molecule has 2 aromatic carbocycles. The monoisotopic (exact) mass is 501 g/mol. The molecule has 0 aliphatic carbocycles. The van der Waals surface area contributed by atoms with Gasteiger partial charge in [-0.1, -0.05) is 36.4 Å². The molecule has 1 heterocycles. The molecular formula is C27H33F2N3O4. The molecule has 7 nitrogen and oxygen atoms in total. The van der Waals surface area contributed by atoms with Crippen molar-refractivity contribution in [1.29, 1.82) is 0 Å². The summed E-state index contributed by atoms with van der Waals surface area (Å²) in [5, 5.41) is 5.54. The number of amides is 3. The second-order valence-corrected chi connectivity index (χ2v) is 9.86. The van der Waals surface area contributed by atoms with E-state index in [9.17, 15) is 23.2 Å². The molecule has 0 bridgehead atoms. The molecular weight excluding hydrogens is 468 g/mol. The lowest BCUT2D eigenvalue weighted by Gasteiger charge is -2.24. The standard InChI is InChI=1S/C27H33F2N3O4/c1-27(2,3)36-26(35)32-16-20(24(33)30-14-12-18-8-4-6-10-22(18)28)21(17-32)25(34)31-15-13-19-9-5-7-11-23(19)29/h4-11,20-21H,12-17H2,1-3H3,(H,30,33)(H,31,34)/t20-,21-/m1/s1. The molecule has 2 aromatic rings. The Hall–Kier alpha value is -3.49. The molecule has 1 saturated heterocycles. The maximum atomic E-state index is 13.9. The Bertz CT molecular complexity index is 1020. The minimum atomic E-state index is -0.799. The van der Waals surface area contributed by atoms with Crippen LogP contribution in [0.4, 0.5) is 13.6 Å². The van der Waals surface area contributed by atoms with Crippen molar-refractivity contribution >= 4 is 17.9 Å². The fourth-order valence-corrected chi connectivity index (χ4v) is 4.12. The number of carbonyl (C=O) groups is 3. The highest BCUT2D eigenvalue weighted by Crippen LogP contribution is 2.26. The van der Waals surface area contributed by atoms with Crippen molar-refractivity contribution in [1.82, 2.24) is 15.5 Å². The lowest BCUT2D eigenvalue weighted by molar-refractivity contribution is -0.132. The van der Waals surface area contributed by atoms with Gasteiger partial charge in [-0.25, -0.2) is 13.6 Å². The van der Waals surface area contributed by atoms with Crippen molar-refractivity contribution in [2.45, 2.75) is 39.2 Å². The number of hydrogen-bond acceptors (Lipinski definition) is 4. The first-order chi connectivity index (χ1) is 17.0. The van der Waals surface area contributed by atoms with Crippen LogP contribution in [0.2, 0.25) is 0 Å². The highest BCUT2D eigenvalue weighted by atomic mass is 19.1. The lowest BCUT2D eigenvalue weighted by atomic mass is 9.94. The van der Waals surface area contributed by atoms with Crippen LogP contribution < -0.4 is 10.6 Å². The van der Waals surface area contributed by atoms with Crippen molar-refractivity contribution in [2.24, 2.45) is 11.8 Å². The smallest absolute Gasteiger partial charge is 0.410 e. The topological polar surface area (TPSA) is 87.7 Å². The van der Waals surface area contributed by atoms with E-state index in [0.29, 0.717) is 24.0 Å². The average Bonchev–Trinajstić information content (AvgIpc) is 3.26. The van der Waals surface area contributed by atoms with Crippen LogP contribution >= 0.6 is 0 Å². The largest absolute Gasteiger partial charge is 0.444 e. The van der Waals surface area contributed by atoms with Gasteiger partial charge in [0.2, 0.25) is 11.8 Å². The highest BCUT2D eigenvalue weighted by molar-refractivity contribution is 5.89. The summed E-state index contributed by atoms with van der Waals surface area (Å²) in [6.45, 7) is 5.62. The molecule has 0 saturated carbocycles. The zero-order chi connectivity index (χ0) is 26.3. The second kappa shape index (κ2) is 12.0. The number of likely N-dealkylation sites (tertiary alicyclic amines) is 1. The van der Waals surface area contributed by atoms with E-state index in [1.165, 1.54) is 17.0 Å². The third-order valence-corrected chi connectivity index (χ3v) is 5.95. The number of carbonyl (C=O) groups excluding carboxylic acids is 3. The summed E-state index contributed by atoms with van der Waals surface area (Å²) in [5.41, 5.74) is 0.221. The summed E-state index contributed by atoms with van der Waals surface area (Å²) in [6, 6.07) is 12.6. The van der Waals surface area contributed by atoms with Crippen molar-refractivity contribution in [3.05, 3.63) is 71.3 Å². The maximum absolute atomic E-state index is 13.9. The van der Waals surface area contributed by atoms with E-state index in [2.05, 4.69) is 10.6 Å². The molecule has 36 heavy (non-hydrogen) atoms. The van der Waals surface area contributed by atoms with Crippen molar-refractivity contribution in [3.63, 3.8) is 0 Å². The third kappa shape index (κ3) is 7.50. The predicted octanol–water partition coefficient (Wildman–Crippen LogP) is 3.47. The molecule has 0 radical (unpaired) electrons. The van der Waals surface area contributed by atoms with Gasteiger partial charge in [-0.3, -0.25) is 9.59 Å². The molecule has 9 heteroatoms. The van der Waals surface area contributed by atoms with Crippen LogP contribution in [0.15, 0.2) is 48.5 Å². The van der Waals surface area contributed by atoms with Gasteiger partial charge in [0.05, 0.1) is 11.8 Å². The minimum absolute atomic E-state index is 0.0197. The molecule has 1 fully saturated rings. The van der Waals surface area contributed by atoms with Crippen LogP contribution in [0.1, 0.15) is 31.9 Å². The Labute approximate surface area is 210 Å². The number of benzene rings is 2. The molecule has 2 atom stereocenters. The van der Waals surface area contributed by atoms with Gasteiger partial charge in [0.1, 0.15) is 17.2 Å². The number of nitrogens with one attached hydrogen (secondary N) is 2. The molecule has 0 spiro atoms. The third-order valence-electron chi connectivity index (χ3n) is 5.95. The quantitative estimate of drug-likeness (QED) is 0.580. The van der Waals surface area contributed by atoms with Crippen LogP contribution in [0.3, 0.4) is 0 Å². The van der Waals surface area contributed by atoms with Gasteiger partial charge in [-0.05, 0) is 56.9 Å². The van der Waals surface area contributed by atoms with E-state index in [-0.39, 0.29) is 37.8 Å². The summed E-state index contributed by atoms with van der Waals surface area (Å²) in [6.07, 6.45) is -0.0193. The first-order valence-electron chi connectivity index (χ1n) is 12.1. The second-order valence-electron chi connectivity index (χ2n) is 9.86. The van der Waals surface area contributed by atoms with E-state index in [1.807, 2.05) is 0 Å². The van der Waals surface area contributed by atoms with Crippen LogP contribution in [0.25, 0.3) is 0 Å². The van der Waals surface area contributed by atoms with Crippen LogP contribution in [0, 0.1) is 23.5 Å². The fourth-order valence-electron chi connectivity index (χ4n) is 4.12. The Morgan fingerprint density at radius 2 is 1.25 bits per heavy atom. The molecule has 0 unspecified atom stereocenters. The van der Waals surface area contributed by atoms with Crippen molar-refractivity contribution in [3.8, 4) is 0 Å². The number of hydrogen-bond donors (Lipinski definition) is 2. The molecule has 194 valence electrons. The number of nitrogens with zero attached hydrogens (tertiary/aromatic N) is 1. The fraction of sp³-hybridized carbons (Fsp3) is 0.444. The normalized spacial score (nSPS) is 17.5. The molecule has 1 aliphatic rings. The van der Waals surface area contributed by atoms with Crippen molar-refractivity contribution in [2.75, 3.05) is 26.2 Å². The maximum Gasteiger partial charge on any atom is 0.410 e. The van der Waals surface area contributed by atoms with Gasteiger partial charge in [-0.2, -0.15) is 0 Å². The van der Waals surface area contributed by atoms with Crippen molar-refractivity contribution < 1.29 is 27.9 Å².